The lowest BCUT2D eigenvalue weighted by molar-refractivity contribution is -0.103. The molecule has 1 aliphatic carbocycles. The number of carbonyl (C=O) groups is 1. The topological polar surface area (TPSA) is 60.6 Å². The van der Waals surface area contributed by atoms with Gasteiger partial charge in [-0.15, -0.1) is 11.8 Å². The van der Waals surface area contributed by atoms with Crippen LogP contribution in [0.2, 0.25) is 0 Å². The van der Waals surface area contributed by atoms with E-state index >= 15 is 4.39 Å². The zero-order chi connectivity index (χ0) is 27.0. The second-order valence-corrected chi connectivity index (χ2v) is 11.7. The fourth-order valence-corrected chi connectivity index (χ4v) is 6.63. The van der Waals surface area contributed by atoms with Gasteiger partial charge in [0.2, 0.25) is 0 Å². The Morgan fingerprint density at radius 2 is 1.89 bits per heavy atom. The largest absolute Gasteiger partial charge is 0.363 e. The molecule has 1 aromatic rings. The summed E-state index contributed by atoms with van der Waals surface area (Å²) >= 11 is 1.36. The molecule has 3 aliphatic rings. The second-order valence-electron chi connectivity index (χ2n) is 10.6. The van der Waals surface area contributed by atoms with Crippen molar-refractivity contribution < 1.29 is 9.18 Å². The van der Waals surface area contributed by atoms with Gasteiger partial charge in [-0.05, 0) is 63.6 Å². The van der Waals surface area contributed by atoms with Crippen LogP contribution in [0, 0.1) is 11.2 Å². The predicted octanol–water partition coefficient (Wildman–Crippen LogP) is 6.59. The van der Waals surface area contributed by atoms with E-state index < -0.39 is 5.82 Å². The molecule has 0 atom stereocenters. The van der Waals surface area contributed by atoms with Crippen molar-refractivity contribution in [2.75, 3.05) is 32.4 Å². The molecule has 0 radical (unpaired) electrons. The first-order chi connectivity index (χ1) is 18.5. The number of benzene rings is 1. The Labute approximate surface area is 230 Å². The van der Waals surface area contributed by atoms with Gasteiger partial charge in [-0.3, -0.25) is 9.79 Å². The summed E-state index contributed by atoms with van der Waals surface area (Å²) in [4.78, 5) is 30.2. The van der Waals surface area contributed by atoms with Crippen LogP contribution in [-0.2, 0) is 4.79 Å². The van der Waals surface area contributed by atoms with Gasteiger partial charge < -0.3 is 9.80 Å². The Morgan fingerprint density at radius 1 is 1.13 bits per heavy atom. The number of aliphatic imine (C=N–C) groups is 3. The molecule has 0 bridgehead atoms. The molecule has 6 nitrogen and oxygen atoms in total. The van der Waals surface area contributed by atoms with E-state index in [1.807, 2.05) is 7.05 Å². The Morgan fingerprint density at radius 3 is 2.58 bits per heavy atom. The predicted molar refractivity (Wildman–Crippen MR) is 158 cm³/mol. The molecule has 0 aromatic heterocycles. The van der Waals surface area contributed by atoms with E-state index in [0.29, 0.717) is 28.0 Å². The minimum absolute atomic E-state index is 0.285. The van der Waals surface area contributed by atoms with Crippen molar-refractivity contribution in [2.24, 2.45) is 20.4 Å². The smallest absolute Gasteiger partial charge is 0.152 e. The Hall–Kier alpha value is -2.74. The summed E-state index contributed by atoms with van der Waals surface area (Å²) in [6.07, 6.45) is 15.2. The molecular formula is C30H40FN5OS. The number of thioether (sulfide) groups is 1. The van der Waals surface area contributed by atoms with Crippen LogP contribution in [0.15, 0.2) is 55.8 Å². The molecule has 3 fully saturated rings. The van der Waals surface area contributed by atoms with Crippen LogP contribution in [-0.4, -0.2) is 67.3 Å². The molecule has 204 valence electrons. The monoisotopic (exact) mass is 537 g/mol. The molecule has 0 amide bonds. The molecule has 2 aliphatic heterocycles. The van der Waals surface area contributed by atoms with Gasteiger partial charge >= 0.3 is 0 Å². The number of hydrogen-bond donors (Lipinski definition) is 0. The third-order valence-corrected chi connectivity index (χ3v) is 9.14. The van der Waals surface area contributed by atoms with Crippen LogP contribution < -0.4 is 0 Å². The second kappa shape index (κ2) is 13.4. The molecule has 0 N–H and O–H groups in total. The number of nitrogens with zero attached hydrogens (tertiary/aromatic N) is 5. The lowest BCUT2D eigenvalue weighted by Gasteiger charge is -2.40. The van der Waals surface area contributed by atoms with Crippen LogP contribution in [0.3, 0.4) is 0 Å². The number of aldehydes is 1. The summed E-state index contributed by atoms with van der Waals surface area (Å²) in [5.74, 6) is 1.86. The summed E-state index contributed by atoms with van der Waals surface area (Å²) < 4.78 is 15.5. The number of amidine groups is 1. The zero-order valence-corrected chi connectivity index (χ0v) is 23.6. The highest BCUT2D eigenvalue weighted by Gasteiger charge is 2.37. The van der Waals surface area contributed by atoms with Crippen molar-refractivity contribution in [3.8, 4) is 0 Å². The number of piperidine rings is 2. The van der Waals surface area contributed by atoms with Crippen molar-refractivity contribution in [3.63, 3.8) is 0 Å². The summed E-state index contributed by atoms with van der Waals surface area (Å²) in [5.41, 5.74) is 1.65. The van der Waals surface area contributed by atoms with Crippen LogP contribution in [0.4, 0.5) is 4.39 Å². The van der Waals surface area contributed by atoms with Crippen molar-refractivity contribution in [1.29, 1.82) is 0 Å². The van der Waals surface area contributed by atoms with Crippen molar-refractivity contribution in [2.45, 2.75) is 69.6 Å². The molecule has 2 heterocycles. The molecule has 2 saturated heterocycles. The molecule has 1 saturated carbocycles. The average Bonchev–Trinajstić information content (AvgIpc) is 3.37. The fourth-order valence-electron chi connectivity index (χ4n) is 5.89. The summed E-state index contributed by atoms with van der Waals surface area (Å²) in [6, 6.07) is 5.17. The SMILES string of the molecule is C=N/C=C(\N=C/CSc1cccc(/C(C=O)=C(C)/N=C2/CCCCN2C)c1F)N1CCC2(CCCC2)CC1. The molecule has 1 spiro atoms. The number of hydrogen-bond acceptors (Lipinski definition) is 6. The van der Waals surface area contributed by atoms with Crippen LogP contribution in [0.5, 0.6) is 0 Å². The third kappa shape index (κ3) is 6.82. The van der Waals surface area contributed by atoms with Crippen molar-refractivity contribution in [1.82, 2.24) is 9.80 Å². The van der Waals surface area contributed by atoms with Gasteiger partial charge in [0.15, 0.2) is 6.29 Å². The van der Waals surface area contributed by atoms with Gasteiger partial charge in [-0.1, -0.05) is 25.0 Å². The highest BCUT2D eigenvalue weighted by Crippen LogP contribution is 2.46. The van der Waals surface area contributed by atoms with Gasteiger partial charge in [0, 0.05) is 61.1 Å². The van der Waals surface area contributed by atoms with E-state index in [2.05, 4.69) is 31.5 Å². The van der Waals surface area contributed by atoms with E-state index in [0.717, 1.165) is 50.6 Å². The zero-order valence-electron chi connectivity index (χ0n) is 22.8. The van der Waals surface area contributed by atoms with Crippen LogP contribution >= 0.6 is 11.8 Å². The number of carbonyl (C=O) groups excluding carboxylic acids is 1. The van der Waals surface area contributed by atoms with Crippen LogP contribution in [0.1, 0.15) is 70.3 Å². The summed E-state index contributed by atoms with van der Waals surface area (Å²) in [6.45, 7) is 8.32. The number of likely N-dealkylation sites (tertiary alicyclic amines) is 2. The minimum atomic E-state index is -0.397. The fraction of sp³-hybridized carbons (Fsp3) is 0.533. The maximum absolute atomic E-state index is 15.5. The highest BCUT2D eigenvalue weighted by atomic mass is 32.2. The van der Waals surface area contributed by atoms with Gasteiger partial charge in [-0.2, -0.15) is 0 Å². The van der Waals surface area contributed by atoms with Gasteiger partial charge in [0.25, 0.3) is 0 Å². The normalized spacial score (nSPS) is 21.9. The minimum Gasteiger partial charge on any atom is -0.363 e. The first-order valence-electron chi connectivity index (χ1n) is 13.8. The number of halogens is 1. The maximum Gasteiger partial charge on any atom is 0.152 e. The molecule has 38 heavy (non-hydrogen) atoms. The molecule has 8 heteroatoms. The number of allylic oxidation sites excluding steroid dienone is 2. The molecule has 0 unspecified atom stereocenters. The van der Waals surface area contributed by atoms with Gasteiger partial charge in [0.05, 0.1) is 11.9 Å². The highest BCUT2D eigenvalue weighted by molar-refractivity contribution is 7.99. The van der Waals surface area contributed by atoms with E-state index in [1.165, 1.54) is 50.3 Å². The van der Waals surface area contributed by atoms with Gasteiger partial charge in [0.1, 0.15) is 17.5 Å². The molecular weight excluding hydrogens is 497 g/mol. The quantitative estimate of drug-likeness (QED) is 0.154. The Balaban J connectivity index is 1.42. The molecule has 1 aromatic carbocycles. The first kappa shape index (κ1) is 28.3. The first-order valence-corrected chi connectivity index (χ1v) is 14.7. The van der Waals surface area contributed by atoms with Gasteiger partial charge in [-0.25, -0.2) is 14.4 Å². The lowest BCUT2D eigenvalue weighted by atomic mass is 9.77. The van der Waals surface area contributed by atoms with E-state index in [-0.39, 0.29) is 11.1 Å². The summed E-state index contributed by atoms with van der Waals surface area (Å²) in [7, 11) is 2.01. The Bertz CT molecular complexity index is 1130. The Kier molecular flexibility index (Phi) is 9.94. The van der Waals surface area contributed by atoms with Crippen molar-refractivity contribution in [3.05, 3.63) is 47.3 Å². The average molecular weight is 538 g/mol. The van der Waals surface area contributed by atoms with Crippen molar-refractivity contribution >= 4 is 42.4 Å². The maximum atomic E-state index is 15.5. The third-order valence-electron chi connectivity index (χ3n) is 8.20. The van der Waals surface area contributed by atoms with Crippen LogP contribution in [0.25, 0.3) is 5.57 Å². The number of rotatable bonds is 9. The van der Waals surface area contributed by atoms with E-state index in [4.69, 9.17) is 0 Å². The lowest BCUT2D eigenvalue weighted by Crippen LogP contribution is -2.38. The molecule has 4 rings (SSSR count). The van der Waals surface area contributed by atoms with E-state index in [9.17, 15) is 4.79 Å². The standard InChI is InChI=1S/C30H40FN5OS/c1-23(34-27-11-4-7-17-35(27)3)25(22-37)24-9-8-10-26(29(24)31)38-20-16-33-28(21-32-2)36-18-14-30(15-19-36)12-5-6-13-30/h8-10,16,21-22H,2,4-7,11-15,17-20H2,1,3H3/b25-23+,28-21+,33-16-,34-27-. The van der Waals surface area contributed by atoms with E-state index in [1.54, 1.807) is 37.5 Å². The summed E-state index contributed by atoms with van der Waals surface area (Å²) in [5, 5.41) is 0.